The molecule has 0 unspecified atom stereocenters. The van der Waals surface area contributed by atoms with Gasteiger partial charge in [0.15, 0.2) is 0 Å². The molecular formula is C12H14N2O2S. The van der Waals surface area contributed by atoms with Gasteiger partial charge in [-0.3, -0.25) is 10.1 Å². The number of thioether (sulfide) groups is 1. The molecule has 0 fully saturated rings. The maximum atomic E-state index is 10.6. The van der Waals surface area contributed by atoms with E-state index >= 15 is 0 Å². The summed E-state index contributed by atoms with van der Waals surface area (Å²) in [6.45, 7) is 2.14. The van der Waals surface area contributed by atoms with Gasteiger partial charge in [-0.2, -0.15) is 5.26 Å². The van der Waals surface area contributed by atoms with E-state index in [2.05, 4.69) is 6.92 Å². The van der Waals surface area contributed by atoms with Gasteiger partial charge in [-0.05, 0) is 24.3 Å². The molecule has 0 amide bonds. The number of hydrogen-bond donors (Lipinski definition) is 0. The van der Waals surface area contributed by atoms with Gasteiger partial charge in [0.25, 0.3) is 5.69 Å². The molecule has 0 radical (unpaired) electrons. The summed E-state index contributed by atoms with van der Waals surface area (Å²) in [4.78, 5) is 11.0. The van der Waals surface area contributed by atoms with Crippen molar-refractivity contribution in [2.45, 2.75) is 31.1 Å². The van der Waals surface area contributed by atoms with Gasteiger partial charge < -0.3 is 0 Å². The van der Waals surface area contributed by atoms with Crippen LogP contribution in [0.4, 0.5) is 5.69 Å². The first-order chi connectivity index (χ1) is 8.19. The highest BCUT2D eigenvalue weighted by Gasteiger charge is 2.13. The molecule has 17 heavy (non-hydrogen) atoms. The van der Waals surface area contributed by atoms with Crippen LogP contribution in [0.25, 0.3) is 0 Å². The largest absolute Gasteiger partial charge is 0.287 e. The maximum Gasteiger partial charge on any atom is 0.287 e. The topological polar surface area (TPSA) is 66.9 Å². The van der Waals surface area contributed by atoms with Crippen LogP contribution in [0.5, 0.6) is 0 Å². The van der Waals surface area contributed by atoms with Crippen LogP contribution in [0.3, 0.4) is 0 Å². The predicted molar refractivity (Wildman–Crippen MR) is 68.1 cm³/mol. The molecule has 0 aliphatic heterocycles. The molecule has 0 heterocycles. The molecule has 1 aromatic rings. The molecule has 1 aromatic carbocycles. The molecule has 5 heteroatoms. The van der Waals surface area contributed by atoms with Crippen molar-refractivity contribution in [3.05, 3.63) is 33.9 Å². The molecule has 0 aliphatic rings. The summed E-state index contributed by atoms with van der Waals surface area (Å²) in [5.74, 6) is 0.983. The summed E-state index contributed by atoms with van der Waals surface area (Å²) in [5, 5.41) is 19.5. The van der Waals surface area contributed by atoms with Crippen LogP contribution in [0.1, 0.15) is 31.7 Å². The van der Waals surface area contributed by atoms with Crippen LogP contribution in [-0.2, 0) is 0 Å². The van der Waals surface area contributed by atoms with E-state index in [9.17, 15) is 10.1 Å². The molecule has 0 N–H and O–H groups in total. The van der Waals surface area contributed by atoms with Crippen molar-refractivity contribution in [1.29, 1.82) is 5.26 Å². The number of nitro groups is 1. The van der Waals surface area contributed by atoms with Crippen molar-refractivity contribution in [3.8, 4) is 6.07 Å². The van der Waals surface area contributed by atoms with Gasteiger partial charge >= 0.3 is 0 Å². The van der Waals surface area contributed by atoms with Gasteiger partial charge in [-0.1, -0.05) is 19.8 Å². The molecule has 90 valence electrons. The van der Waals surface area contributed by atoms with Gasteiger partial charge in [0.2, 0.25) is 0 Å². The van der Waals surface area contributed by atoms with E-state index < -0.39 is 4.92 Å². The second-order valence-corrected chi connectivity index (χ2v) is 4.77. The van der Waals surface area contributed by atoms with Crippen LogP contribution >= 0.6 is 11.8 Å². The molecule has 0 aliphatic carbocycles. The highest BCUT2D eigenvalue weighted by Crippen LogP contribution is 2.26. The zero-order chi connectivity index (χ0) is 12.7. The van der Waals surface area contributed by atoms with Crippen molar-refractivity contribution in [2.75, 3.05) is 5.75 Å². The molecule has 0 saturated heterocycles. The highest BCUT2D eigenvalue weighted by molar-refractivity contribution is 7.99. The van der Waals surface area contributed by atoms with E-state index in [-0.39, 0.29) is 11.3 Å². The third kappa shape index (κ3) is 4.08. The van der Waals surface area contributed by atoms with E-state index in [0.717, 1.165) is 17.1 Å². The monoisotopic (exact) mass is 250 g/mol. The Morgan fingerprint density at radius 1 is 1.47 bits per heavy atom. The molecule has 0 aromatic heterocycles. The zero-order valence-corrected chi connectivity index (χ0v) is 10.5. The number of hydrogen-bond acceptors (Lipinski definition) is 4. The fraction of sp³-hybridized carbons (Fsp3) is 0.417. The number of nitro benzene ring substituents is 1. The third-order valence-electron chi connectivity index (χ3n) is 2.30. The van der Waals surface area contributed by atoms with Crippen LogP contribution < -0.4 is 0 Å². The van der Waals surface area contributed by atoms with Crippen molar-refractivity contribution in [2.24, 2.45) is 0 Å². The van der Waals surface area contributed by atoms with E-state index in [4.69, 9.17) is 5.26 Å². The lowest BCUT2D eigenvalue weighted by molar-refractivity contribution is -0.385. The quantitative estimate of drug-likeness (QED) is 0.334. The lowest BCUT2D eigenvalue weighted by Crippen LogP contribution is -1.92. The SMILES string of the molecule is CCCCCSc1ccc([N+](=O)[O-])c(C#N)c1. The summed E-state index contributed by atoms with van der Waals surface area (Å²) in [7, 11) is 0. The average molecular weight is 250 g/mol. The Balaban J connectivity index is 2.70. The minimum Gasteiger partial charge on any atom is -0.258 e. The minimum absolute atomic E-state index is 0.120. The summed E-state index contributed by atoms with van der Waals surface area (Å²) in [5.41, 5.74) is 0.0147. The molecule has 0 atom stereocenters. The van der Waals surface area contributed by atoms with Crippen LogP contribution in [-0.4, -0.2) is 10.7 Å². The number of unbranched alkanes of at least 4 members (excludes halogenated alkanes) is 2. The first kappa shape index (κ1) is 13.5. The second-order valence-electron chi connectivity index (χ2n) is 3.60. The first-order valence-electron chi connectivity index (χ1n) is 5.50. The summed E-state index contributed by atoms with van der Waals surface area (Å²) in [6, 6.07) is 6.56. The average Bonchev–Trinajstić information content (AvgIpc) is 2.34. The van der Waals surface area contributed by atoms with Crippen molar-refractivity contribution < 1.29 is 4.92 Å². The Bertz CT molecular complexity index is 441. The van der Waals surface area contributed by atoms with Crippen molar-refractivity contribution >= 4 is 17.4 Å². The Kier molecular flexibility index (Phi) is 5.50. The van der Waals surface area contributed by atoms with Gasteiger partial charge in [-0.15, -0.1) is 11.8 Å². The normalized spacial score (nSPS) is 9.88. The number of rotatable bonds is 6. The number of nitriles is 1. The Labute approximate surface area is 105 Å². The summed E-state index contributed by atoms with van der Waals surface area (Å²) in [6.07, 6.45) is 3.48. The summed E-state index contributed by atoms with van der Waals surface area (Å²) < 4.78 is 0. The molecule has 1 rings (SSSR count). The van der Waals surface area contributed by atoms with Gasteiger partial charge in [0, 0.05) is 11.0 Å². The van der Waals surface area contributed by atoms with Crippen molar-refractivity contribution in [3.63, 3.8) is 0 Å². The lowest BCUT2D eigenvalue weighted by Gasteiger charge is -2.02. The molecule has 0 saturated carbocycles. The molecule has 0 spiro atoms. The minimum atomic E-state index is -0.524. The maximum absolute atomic E-state index is 10.6. The Morgan fingerprint density at radius 2 is 2.24 bits per heavy atom. The van der Waals surface area contributed by atoms with Gasteiger partial charge in [0.05, 0.1) is 4.92 Å². The van der Waals surface area contributed by atoms with Gasteiger partial charge in [0.1, 0.15) is 11.6 Å². The standard InChI is InChI=1S/C12H14N2O2S/c1-2-3-4-7-17-11-5-6-12(14(15)16)10(8-11)9-13/h5-6,8H,2-4,7H2,1H3. The Morgan fingerprint density at radius 3 is 2.82 bits per heavy atom. The summed E-state index contributed by atoms with van der Waals surface area (Å²) >= 11 is 1.64. The molecular weight excluding hydrogens is 236 g/mol. The fourth-order valence-corrected chi connectivity index (χ4v) is 2.35. The molecule has 0 bridgehead atoms. The van der Waals surface area contributed by atoms with Gasteiger partial charge in [-0.25, -0.2) is 0 Å². The van der Waals surface area contributed by atoms with Crippen molar-refractivity contribution in [1.82, 2.24) is 0 Å². The van der Waals surface area contributed by atoms with Crippen LogP contribution in [0.15, 0.2) is 23.1 Å². The van der Waals surface area contributed by atoms with Crippen LogP contribution in [0.2, 0.25) is 0 Å². The fourth-order valence-electron chi connectivity index (χ4n) is 1.40. The van der Waals surface area contributed by atoms with Crippen LogP contribution in [0, 0.1) is 21.4 Å². The zero-order valence-electron chi connectivity index (χ0n) is 9.68. The van der Waals surface area contributed by atoms with E-state index in [1.807, 2.05) is 6.07 Å². The third-order valence-corrected chi connectivity index (χ3v) is 3.38. The van der Waals surface area contributed by atoms with E-state index in [0.29, 0.717) is 0 Å². The number of nitrogens with zero attached hydrogens (tertiary/aromatic N) is 2. The van der Waals surface area contributed by atoms with E-state index in [1.165, 1.54) is 18.9 Å². The molecule has 4 nitrogen and oxygen atoms in total. The smallest absolute Gasteiger partial charge is 0.258 e. The number of benzene rings is 1. The van der Waals surface area contributed by atoms with E-state index in [1.54, 1.807) is 23.9 Å². The lowest BCUT2D eigenvalue weighted by atomic mass is 10.2. The Hall–Kier alpha value is -1.54. The predicted octanol–water partition coefficient (Wildman–Crippen LogP) is 3.75. The first-order valence-corrected chi connectivity index (χ1v) is 6.49. The second kappa shape index (κ2) is 6.92. The highest BCUT2D eigenvalue weighted by atomic mass is 32.2.